The summed E-state index contributed by atoms with van der Waals surface area (Å²) in [6, 6.07) is 15.5. The van der Waals surface area contributed by atoms with Crippen LogP contribution in [-0.4, -0.2) is 17.9 Å². The molecule has 2 aromatic carbocycles. The average Bonchev–Trinajstić information content (AvgIpc) is 2.52. The third-order valence-electron chi connectivity index (χ3n) is 3.01. The molecule has 0 aliphatic heterocycles. The zero-order valence-electron chi connectivity index (χ0n) is 11.5. The third kappa shape index (κ3) is 3.54. The van der Waals surface area contributed by atoms with Crippen LogP contribution < -0.4 is 4.90 Å². The van der Waals surface area contributed by atoms with Crippen LogP contribution in [0.4, 0.5) is 11.4 Å². The molecule has 21 heavy (non-hydrogen) atoms. The number of nitro groups is 1. The Morgan fingerprint density at radius 1 is 1.10 bits per heavy atom. The number of hydrogen-bond donors (Lipinski definition) is 0. The van der Waals surface area contributed by atoms with Crippen LogP contribution >= 0.6 is 0 Å². The molecule has 2 rings (SSSR count). The van der Waals surface area contributed by atoms with Gasteiger partial charge in [0.15, 0.2) is 0 Å². The molecule has 0 saturated carbocycles. The van der Waals surface area contributed by atoms with Crippen molar-refractivity contribution in [3.05, 3.63) is 76.4 Å². The summed E-state index contributed by atoms with van der Waals surface area (Å²) in [6.07, 6.45) is 2.79. The quantitative estimate of drug-likeness (QED) is 0.491. The summed E-state index contributed by atoms with van der Waals surface area (Å²) in [6.45, 7) is 0. The summed E-state index contributed by atoms with van der Waals surface area (Å²) in [5, 5.41) is 10.9. The van der Waals surface area contributed by atoms with Crippen molar-refractivity contribution in [3.63, 3.8) is 0 Å². The molecule has 0 fully saturated rings. The van der Waals surface area contributed by atoms with Gasteiger partial charge in [-0.1, -0.05) is 30.3 Å². The van der Waals surface area contributed by atoms with E-state index in [2.05, 4.69) is 0 Å². The van der Waals surface area contributed by atoms with Gasteiger partial charge in [-0.05, 0) is 24.3 Å². The standard InChI is InChI=1S/C16H14N2O3/c1-17(14-8-3-2-4-9-14)16(19)12-11-13-7-5-6-10-15(13)18(20)21/h2-12H,1H3/b12-11+. The Hall–Kier alpha value is -2.95. The van der Waals surface area contributed by atoms with Crippen LogP contribution in [0.5, 0.6) is 0 Å². The summed E-state index contributed by atoms with van der Waals surface area (Å²) >= 11 is 0. The lowest BCUT2D eigenvalue weighted by Crippen LogP contribution is -2.23. The van der Waals surface area contributed by atoms with Gasteiger partial charge in [0.25, 0.3) is 11.6 Å². The Morgan fingerprint density at radius 2 is 1.71 bits per heavy atom. The fourth-order valence-corrected chi connectivity index (χ4v) is 1.85. The number of amides is 1. The van der Waals surface area contributed by atoms with Gasteiger partial charge in [0.05, 0.1) is 10.5 Å². The Morgan fingerprint density at radius 3 is 2.38 bits per heavy atom. The smallest absolute Gasteiger partial charge is 0.276 e. The molecule has 0 aliphatic carbocycles. The van der Waals surface area contributed by atoms with E-state index >= 15 is 0 Å². The number of carbonyl (C=O) groups excluding carboxylic acids is 1. The summed E-state index contributed by atoms with van der Waals surface area (Å²) in [7, 11) is 1.65. The number of anilines is 1. The fraction of sp³-hybridized carbons (Fsp3) is 0.0625. The molecule has 106 valence electrons. The fourth-order valence-electron chi connectivity index (χ4n) is 1.85. The van der Waals surface area contributed by atoms with E-state index in [0.29, 0.717) is 5.56 Å². The maximum atomic E-state index is 12.1. The van der Waals surface area contributed by atoms with Gasteiger partial charge in [-0.15, -0.1) is 0 Å². The van der Waals surface area contributed by atoms with Crippen LogP contribution in [0, 0.1) is 10.1 Å². The molecule has 0 radical (unpaired) electrons. The second-order valence-corrected chi connectivity index (χ2v) is 4.38. The molecule has 0 atom stereocenters. The molecule has 0 bridgehead atoms. The topological polar surface area (TPSA) is 63.5 Å². The molecule has 0 unspecified atom stereocenters. The first-order chi connectivity index (χ1) is 10.1. The number of likely N-dealkylation sites (N-methyl/N-ethyl adjacent to an activating group) is 1. The lowest BCUT2D eigenvalue weighted by atomic mass is 10.1. The van der Waals surface area contributed by atoms with E-state index < -0.39 is 4.92 Å². The molecule has 0 heterocycles. The largest absolute Gasteiger partial charge is 0.312 e. The van der Waals surface area contributed by atoms with Crippen LogP contribution in [0.1, 0.15) is 5.56 Å². The van der Waals surface area contributed by atoms with Crippen molar-refractivity contribution < 1.29 is 9.72 Å². The molecule has 0 N–H and O–H groups in total. The molecule has 0 aliphatic rings. The van der Waals surface area contributed by atoms with Crippen molar-refractivity contribution >= 4 is 23.4 Å². The highest BCUT2D eigenvalue weighted by Crippen LogP contribution is 2.19. The molecule has 5 heteroatoms. The van der Waals surface area contributed by atoms with Crippen molar-refractivity contribution in [1.82, 2.24) is 0 Å². The van der Waals surface area contributed by atoms with Crippen LogP contribution in [-0.2, 0) is 4.79 Å². The van der Waals surface area contributed by atoms with Gasteiger partial charge in [-0.3, -0.25) is 14.9 Å². The second-order valence-electron chi connectivity index (χ2n) is 4.38. The molecular formula is C16H14N2O3. The number of benzene rings is 2. The number of carbonyl (C=O) groups is 1. The van der Waals surface area contributed by atoms with E-state index in [0.717, 1.165) is 5.69 Å². The minimum Gasteiger partial charge on any atom is -0.312 e. The minimum atomic E-state index is -0.467. The van der Waals surface area contributed by atoms with Gasteiger partial charge in [0, 0.05) is 24.9 Å². The highest BCUT2D eigenvalue weighted by atomic mass is 16.6. The monoisotopic (exact) mass is 282 g/mol. The second kappa shape index (κ2) is 6.47. The van der Waals surface area contributed by atoms with Crippen molar-refractivity contribution in [1.29, 1.82) is 0 Å². The number of rotatable bonds is 4. The highest BCUT2D eigenvalue weighted by molar-refractivity contribution is 6.03. The van der Waals surface area contributed by atoms with Crippen LogP contribution in [0.2, 0.25) is 0 Å². The first-order valence-electron chi connectivity index (χ1n) is 6.34. The van der Waals surface area contributed by atoms with Gasteiger partial charge < -0.3 is 4.90 Å². The van der Waals surface area contributed by atoms with Crippen LogP contribution in [0.15, 0.2) is 60.7 Å². The molecule has 2 aromatic rings. The highest BCUT2D eigenvalue weighted by Gasteiger charge is 2.11. The summed E-state index contributed by atoms with van der Waals surface area (Å²) in [4.78, 5) is 24.0. The zero-order chi connectivity index (χ0) is 15.2. The van der Waals surface area contributed by atoms with Gasteiger partial charge >= 0.3 is 0 Å². The van der Waals surface area contributed by atoms with Crippen LogP contribution in [0.25, 0.3) is 6.08 Å². The molecule has 0 aromatic heterocycles. The van der Waals surface area contributed by atoms with Gasteiger partial charge in [-0.2, -0.15) is 0 Å². The third-order valence-corrected chi connectivity index (χ3v) is 3.01. The van der Waals surface area contributed by atoms with E-state index in [1.54, 1.807) is 25.2 Å². The first-order valence-corrected chi connectivity index (χ1v) is 6.34. The summed E-state index contributed by atoms with van der Waals surface area (Å²) in [5.41, 5.74) is 1.14. The molecular weight excluding hydrogens is 268 g/mol. The summed E-state index contributed by atoms with van der Waals surface area (Å²) in [5.74, 6) is -0.251. The van der Waals surface area contributed by atoms with E-state index in [9.17, 15) is 14.9 Å². The van der Waals surface area contributed by atoms with Gasteiger partial charge in [0.1, 0.15) is 0 Å². The Bertz CT molecular complexity index is 681. The van der Waals surface area contributed by atoms with E-state index in [1.165, 1.54) is 23.1 Å². The maximum absolute atomic E-state index is 12.1. The van der Waals surface area contributed by atoms with E-state index in [1.807, 2.05) is 30.3 Å². The lowest BCUT2D eigenvalue weighted by molar-refractivity contribution is -0.385. The number of nitro benzene ring substituents is 1. The Labute approximate surface area is 122 Å². The van der Waals surface area contributed by atoms with E-state index in [-0.39, 0.29) is 11.6 Å². The number of para-hydroxylation sites is 2. The molecule has 0 spiro atoms. The molecule has 0 saturated heterocycles. The predicted octanol–water partition coefficient (Wildman–Crippen LogP) is 3.27. The SMILES string of the molecule is CN(C(=O)/C=C/c1ccccc1[N+](=O)[O-])c1ccccc1. The summed E-state index contributed by atoms with van der Waals surface area (Å²) < 4.78 is 0. The van der Waals surface area contributed by atoms with Gasteiger partial charge in [0.2, 0.25) is 0 Å². The lowest BCUT2D eigenvalue weighted by Gasteiger charge is -2.14. The van der Waals surface area contributed by atoms with Gasteiger partial charge in [-0.25, -0.2) is 0 Å². The van der Waals surface area contributed by atoms with Crippen molar-refractivity contribution in [3.8, 4) is 0 Å². The Kier molecular flexibility index (Phi) is 4.46. The first kappa shape index (κ1) is 14.5. The van der Waals surface area contributed by atoms with Crippen molar-refractivity contribution in [2.24, 2.45) is 0 Å². The van der Waals surface area contributed by atoms with Crippen LogP contribution in [0.3, 0.4) is 0 Å². The zero-order valence-corrected chi connectivity index (χ0v) is 11.5. The number of hydrogen-bond acceptors (Lipinski definition) is 3. The average molecular weight is 282 g/mol. The number of nitrogens with zero attached hydrogens (tertiary/aromatic N) is 2. The predicted molar refractivity (Wildman–Crippen MR) is 82.0 cm³/mol. The minimum absolute atomic E-state index is 0.0242. The Balaban J connectivity index is 2.18. The molecule has 1 amide bonds. The molecule has 5 nitrogen and oxygen atoms in total. The van der Waals surface area contributed by atoms with Crippen molar-refractivity contribution in [2.75, 3.05) is 11.9 Å². The maximum Gasteiger partial charge on any atom is 0.276 e. The van der Waals surface area contributed by atoms with Crippen molar-refractivity contribution in [2.45, 2.75) is 0 Å². The normalized spacial score (nSPS) is 10.5. The van der Waals surface area contributed by atoms with E-state index in [4.69, 9.17) is 0 Å².